The first-order valence-electron chi connectivity index (χ1n) is 8.35. The molecule has 1 N–H and O–H groups in total. The van der Waals surface area contributed by atoms with Crippen LogP contribution in [0.3, 0.4) is 0 Å². The summed E-state index contributed by atoms with van der Waals surface area (Å²) in [7, 11) is -3.42. The first kappa shape index (κ1) is 19.9. The number of halogens is 1. The van der Waals surface area contributed by atoms with Gasteiger partial charge in [-0.2, -0.15) is 0 Å². The van der Waals surface area contributed by atoms with Gasteiger partial charge in [0.15, 0.2) is 0 Å². The number of amides is 1. The molecule has 2 aromatic carbocycles. The lowest BCUT2D eigenvalue weighted by Crippen LogP contribution is -2.32. The van der Waals surface area contributed by atoms with Crippen LogP contribution < -0.4 is 9.62 Å². The molecule has 1 amide bonds. The van der Waals surface area contributed by atoms with E-state index in [0.717, 1.165) is 11.8 Å². The van der Waals surface area contributed by atoms with Gasteiger partial charge < -0.3 is 5.32 Å². The van der Waals surface area contributed by atoms with Crippen molar-refractivity contribution >= 4 is 21.6 Å². The molecule has 2 aromatic rings. The first-order valence-corrected chi connectivity index (χ1v) is 10.2. The van der Waals surface area contributed by atoms with E-state index in [1.54, 1.807) is 36.4 Å². The molecule has 0 radical (unpaired) electrons. The van der Waals surface area contributed by atoms with E-state index in [1.807, 2.05) is 13.0 Å². The van der Waals surface area contributed by atoms with Gasteiger partial charge in [0, 0.05) is 13.0 Å². The van der Waals surface area contributed by atoms with Crippen LogP contribution in [0.5, 0.6) is 0 Å². The maximum absolute atomic E-state index is 13.0. The van der Waals surface area contributed by atoms with Crippen molar-refractivity contribution < 1.29 is 17.6 Å². The predicted octanol–water partition coefficient (Wildman–Crippen LogP) is 3.25. The van der Waals surface area contributed by atoms with E-state index in [9.17, 15) is 17.6 Å². The predicted molar refractivity (Wildman–Crippen MR) is 101 cm³/mol. The highest BCUT2D eigenvalue weighted by atomic mass is 32.2. The molecule has 0 saturated carbocycles. The van der Waals surface area contributed by atoms with Crippen LogP contribution in [0.25, 0.3) is 0 Å². The Morgan fingerprint density at radius 2 is 1.73 bits per heavy atom. The lowest BCUT2D eigenvalue weighted by Gasteiger charge is -2.22. The van der Waals surface area contributed by atoms with Crippen LogP contribution in [-0.2, 0) is 14.8 Å². The SMILES string of the molecule is C[C@@H](NC(=O)CCCN(c1ccccc1)S(C)(=O)=O)c1ccc(F)cc1. The molecule has 5 nitrogen and oxygen atoms in total. The third-order valence-electron chi connectivity index (χ3n) is 3.96. The second-order valence-electron chi connectivity index (χ2n) is 6.11. The van der Waals surface area contributed by atoms with E-state index < -0.39 is 10.0 Å². The van der Waals surface area contributed by atoms with Crippen molar-refractivity contribution in [2.75, 3.05) is 17.1 Å². The number of anilines is 1. The quantitative estimate of drug-likeness (QED) is 0.767. The average Bonchev–Trinajstić information content (AvgIpc) is 2.59. The van der Waals surface area contributed by atoms with Crippen LogP contribution in [0.2, 0.25) is 0 Å². The summed E-state index contributed by atoms with van der Waals surface area (Å²) < 4.78 is 38.2. The number of hydrogen-bond acceptors (Lipinski definition) is 3. The van der Waals surface area contributed by atoms with E-state index in [4.69, 9.17) is 0 Å². The molecule has 0 spiro atoms. The van der Waals surface area contributed by atoms with Crippen LogP contribution in [0.1, 0.15) is 31.4 Å². The average molecular weight is 378 g/mol. The molecule has 0 fully saturated rings. The fraction of sp³-hybridized carbons (Fsp3) is 0.316. The molecule has 0 heterocycles. The van der Waals surface area contributed by atoms with Crippen LogP contribution in [-0.4, -0.2) is 27.1 Å². The van der Waals surface area contributed by atoms with Crippen molar-refractivity contribution in [2.45, 2.75) is 25.8 Å². The van der Waals surface area contributed by atoms with Gasteiger partial charge in [-0.3, -0.25) is 9.10 Å². The van der Waals surface area contributed by atoms with Crippen molar-refractivity contribution in [3.63, 3.8) is 0 Å². The topological polar surface area (TPSA) is 66.5 Å². The van der Waals surface area contributed by atoms with E-state index in [1.165, 1.54) is 16.4 Å². The Kier molecular flexibility index (Phi) is 6.74. The minimum Gasteiger partial charge on any atom is -0.350 e. The first-order chi connectivity index (χ1) is 12.3. The molecule has 26 heavy (non-hydrogen) atoms. The number of carbonyl (C=O) groups excluding carboxylic acids is 1. The van der Waals surface area contributed by atoms with E-state index in [0.29, 0.717) is 12.1 Å². The molecule has 0 aliphatic heterocycles. The molecular weight excluding hydrogens is 355 g/mol. The number of rotatable bonds is 8. The number of para-hydroxylation sites is 1. The second kappa shape index (κ2) is 8.80. The van der Waals surface area contributed by atoms with Crippen LogP contribution in [0.15, 0.2) is 54.6 Å². The van der Waals surface area contributed by atoms with Gasteiger partial charge in [0.1, 0.15) is 5.82 Å². The van der Waals surface area contributed by atoms with Gasteiger partial charge in [-0.1, -0.05) is 30.3 Å². The Balaban J connectivity index is 1.89. The Labute approximate surface area is 153 Å². The summed E-state index contributed by atoms with van der Waals surface area (Å²) in [6.07, 6.45) is 1.74. The fourth-order valence-corrected chi connectivity index (χ4v) is 3.58. The molecule has 1 atom stereocenters. The number of carbonyl (C=O) groups is 1. The smallest absolute Gasteiger partial charge is 0.232 e. The zero-order valence-electron chi connectivity index (χ0n) is 14.9. The molecule has 2 rings (SSSR count). The van der Waals surface area contributed by atoms with E-state index in [-0.39, 0.29) is 30.7 Å². The monoisotopic (exact) mass is 378 g/mol. The van der Waals surface area contributed by atoms with Gasteiger partial charge in [0.25, 0.3) is 0 Å². The Morgan fingerprint density at radius 3 is 2.31 bits per heavy atom. The summed E-state index contributed by atoms with van der Waals surface area (Å²) in [5.74, 6) is -0.502. The highest BCUT2D eigenvalue weighted by Gasteiger charge is 2.17. The van der Waals surface area contributed by atoms with E-state index in [2.05, 4.69) is 5.32 Å². The zero-order valence-corrected chi connectivity index (χ0v) is 15.7. The zero-order chi connectivity index (χ0) is 19.2. The summed E-state index contributed by atoms with van der Waals surface area (Å²) in [5, 5.41) is 2.84. The lowest BCUT2D eigenvalue weighted by atomic mass is 10.1. The number of nitrogens with one attached hydrogen (secondary N) is 1. The summed E-state index contributed by atoms with van der Waals surface area (Å²) >= 11 is 0. The van der Waals surface area contributed by atoms with Gasteiger partial charge >= 0.3 is 0 Å². The molecular formula is C19H23FN2O3S. The van der Waals surface area contributed by atoms with Gasteiger partial charge in [0.05, 0.1) is 18.0 Å². The fourth-order valence-electron chi connectivity index (χ4n) is 2.61. The normalized spacial score (nSPS) is 12.4. The summed E-state index contributed by atoms with van der Waals surface area (Å²) in [5.41, 5.74) is 1.39. The maximum atomic E-state index is 13.0. The standard InChI is InChI=1S/C19H23FN2O3S/c1-15(16-10-12-17(20)13-11-16)21-19(23)9-6-14-22(26(2,24)25)18-7-4-3-5-8-18/h3-5,7-8,10-13,15H,6,9,14H2,1-2H3,(H,21,23)/t15-/m1/s1. The lowest BCUT2D eigenvalue weighted by molar-refractivity contribution is -0.121. The van der Waals surface area contributed by atoms with Crippen LogP contribution >= 0.6 is 0 Å². The molecule has 0 aromatic heterocycles. The maximum Gasteiger partial charge on any atom is 0.232 e. The van der Waals surface area contributed by atoms with Gasteiger partial charge in [-0.25, -0.2) is 12.8 Å². The highest BCUT2D eigenvalue weighted by molar-refractivity contribution is 7.92. The molecule has 140 valence electrons. The van der Waals surface area contributed by atoms with Gasteiger partial charge in [0.2, 0.25) is 15.9 Å². The molecule has 0 unspecified atom stereocenters. The van der Waals surface area contributed by atoms with Gasteiger partial charge in [-0.05, 0) is 43.2 Å². The summed E-state index contributed by atoms with van der Waals surface area (Å²) in [4.78, 5) is 12.1. The number of hydrogen-bond donors (Lipinski definition) is 1. The molecule has 0 aliphatic carbocycles. The minimum atomic E-state index is -3.42. The van der Waals surface area contributed by atoms with Crippen molar-refractivity contribution in [1.82, 2.24) is 5.32 Å². The second-order valence-corrected chi connectivity index (χ2v) is 8.02. The van der Waals surface area contributed by atoms with Crippen molar-refractivity contribution in [1.29, 1.82) is 0 Å². The largest absolute Gasteiger partial charge is 0.350 e. The Hall–Kier alpha value is -2.41. The molecule has 0 bridgehead atoms. The van der Waals surface area contributed by atoms with Crippen molar-refractivity contribution in [3.05, 3.63) is 66.0 Å². The van der Waals surface area contributed by atoms with Crippen molar-refractivity contribution in [3.8, 4) is 0 Å². The number of benzene rings is 2. The Morgan fingerprint density at radius 1 is 1.12 bits per heavy atom. The highest BCUT2D eigenvalue weighted by Crippen LogP contribution is 2.18. The minimum absolute atomic E-state index is 0.177. The van der Waals surface area contributed by atoms with Crippen molar-refractivity contribution in [2.24, 2.45) is 0 Å². The molecule has 0 aliphatic rings. The summed E-state index contributed by atoms with van der Waals surface area (Å²) in [6.45, 7) is 2.04. The van der Waals surface area contributed by atoms with E-state index >= 15 is 0 Å². The Bertz CT molecular complexity index is 824. The number of sulfonamides is 1. The molecule has 0 saturated heterocycles. The third kappa shape index (κ3) is 5.84. The van der Waals surface area contributed by atoms with Gasteiger partial charge in [-0.15, -0.1) is 0 Å². The van der Waals surface area contributed by atoms with Crippen LogP contribution in [0, 0.1) is 5.82 Å². The third-order valence-corrected chi connectivity index (χ3v) is 5.15. The molecule has 7 heteroatoms. The number of nitrogens with zero attached hydrogens (tertiary/aromatic N) is 1. The van der Waals surface area contributed by atoms with Crippen LogP contribution in [0.4, 0.5) is 10.1 Å². The summed E-state index contributed by atoms with van der Waals surface area (Å²) in [6, 6.07) is 14.5.